The molecule has 0 bridgehead atoms. The first-order valence-electron chi connectivity index (χ1n) is 8.39. The Morgan fingerprint density at radius 2 is 1.83 bits per heavy atom. The molecule has 1 rings (SSSR count). The van der Waals surface area contributed by atoms with E-state index in [1.165, 1.54) is 25.7 Å². The molecule has 3 heteroatoms. The van der Waals surface area contributed by atoms with E-state index in [0.29, 0.717) is 6.54 Å². The molecule has 1 amide bonds. The normalized spacial score (nSPS) is 11.4. The fraction of sp³-hybridized carbons (Fsp3) is 0.400. The van der Waals surface area contributed by atoms with Crippen LogP contribution >= 0.6 is 0 Å². The van der Waals surface area contributed by atoms with Gasteiger partial charge in [0, 0.05) is 6.54 Å². The Hall–Kier alpha value is -2.34. The lowest BCUT2D eigenvalue weighted by Crippen LogP contribution is -2.25. The molecule has 1 N–H and O–H groups in total. The van der Waals surface area contributed by atoms with Crippen molar-refractivity contribution in [3.05, 3.63) is 53.6 Å². The van der Waals surface area contributed by atoms with Crippen molar-refractivity contribution in [2.45, 2.75) is 45.4 Å². The molecule has 0 aromatic heterocycles. The summed E-state index contributed by atoms with van der Waals surface area (Å²) in [6, 6.07) is 11.7. The standard InChI is InChI=1S/C20H26N2O/c1-2-3-4-5-6-10-16-22-20(23)19(17-21)15-11-14-18-12-8-7-9-13-18/h7-9,11-15H,2-6,10,16H2,1H3,(H,22,23). The van der Waals surface area contributed by atoms with Crippen molar-refractivity contribution in [2.24, 2.45) is 0 Å². The van der Waals surface area contributed by atoms with Crippen molar-refractivity contribution in [1.29, 1.82) is 5.26 Å². The van der Waals surface area contributed by atoms with E-state index < -0.39 is 0 Å². The maximum atomic E-state index is 11.9. The number of nitriles is 1. The van der Waals surface area contributed by atoms with E-state index in [1.54, 1.807) is 12.2 Å². The number of hydrogen-bond donors (Lipinski definition) is 1. The predicted octanol–water partition coefficient (Wildman–Crippen LogP) is 4.63. The van der Waals surface area contributed by atoms with Crippen LogP contribution in [0.15, 0.2) is 48.1 Å². The van der Waals surface area contributed by atoms with E-state index in [4.69, 9.17) is 5.26 Å². The van der Waals surface area contributed by atoms with Crippen LogP contribution in [0.3, 0.4) is 0 Å². The van der Waals surface area contributed by atoms with Crippen molar-refractivity contribution in [1.82, 2.24) is 5.32 Å². The third-order valence-corrected chi connectivity index (χ3v) is 3.53. The molecule has 0 saturated carbocycles. The van der Waals surface area contributed by atoms with Gasteiger partial charge in [-0.05, 0) is 18.1 Å². The van der Waals surface area contributed by atoms with Crippen molar-refractivity contribution >= 4 is 12.0 Å². The van der Waals surface area contributed by atoms with Crippen molar-refractivity contribution in [2.75, 3.05) is 6.54 Å². The average Bonchev–Trinajstić information content (AvgIpc) is 2.58. The molecule has 122 valence electrons. The van der Waals surface area contributed by atoms with E-state index in [9.17, 15) is 4.79 Å². The fourth-order valence-corrected chi connectivity index (χ4v) is 2.19. The van der Waals surface area contributed by atoms with Crippen LogP contribution in [0.2, 0.25) is 0 Å². The van der Waals surface area contributed by atoms with Gasteiger partial charge in [-0.25, -0.2) is 0 Å². The van der Waals surface area contributed by atoms with E-state index >= 15 is 0 Å². The molecule has 0 unspecified atom stereocenters. The molecule has 0 radical (unpaired) electrons. The van der Waals surface area contributed by atoms with Gasteiger partial charge in [0.2, 0.25) is 0 Å². The summed E-state index contributed by atoms with van der Waals surface area (Å²) in [5.41, 5.74) is 1.18. The number of benzene rings is 1. The molecular formula is C20H26N2O. The Bertz CT molecular complexity index is 553. The van der Waals surface area contributed by atoms with Gasteiger partial charge < -0.3 is 5.32 Å². The van der Waals surface area contributed by atoms with Gasteiger partial charge in [0.1, 0.15) is 11.6 Å². The maximum Gasteiger partial charge on any atom is 0.261 e. The molecule has 23 heavy (non-hydrogen) atoms. The van der Waals surface area contributed by atoms with Gasteiger partial charge in [0.25, 0.3) is 5.91 Å². The molecule has 0 heterocycles. The summed E-state index contributed by atoms with van der Waals surface area (Å²) in [5.74, 6) is -0.293. The summed E-state index contributed by atoms with van der Waals surface area (Å²) >= 11 is 0. The second-order valence-electron chi connectivity index (χ2n) is 5.49. The van der Waals surface area contributed by atoms with Crippen LogP contribution in [0.25, 0.3) is 6.08 Å². The van der Waals surface area contributed by atoms with Gasteiger partial charge >= 0.3 is 0 Å². The highest BCUT2D eigenvalue weighted by atomic mass is 16.1. The van der Waals surface area contributed by atoms with Gasteiger partial charge in [-0.3, -0.25) is 4.79 Å². The van der Waals surface area contributed by atoms with Crippen molar-refractivity contribution < 1.29 is 4.79 Å². The minimum Gasteiger partial charge on any atom is -0.351 e. The average molecular weight is 310 g/mol. The summed E-state index contributed by atoms with van der Waals surface area (Å²) in [5, 5.41) is 11.9. The number of carbonyl (C=O) groups excluding carboxylic acids is 1. The van der Waals surface area contributed by atoms with Crippen LogP contribution in [0.4, 0.5) is 0 Å². The lowest BCUT2D eigenvalue weighted by Gasteiger charge is -2.03. The van der Waals surface area contributed by atoms with E-state index in [-0.39, 0.29) is 11.5 Å². The predicted molar refractivity (Wildman–Crippen MR) is 95.6 cm³/mol. The zero-order valence-electron chi connectivity index (χ0n) is 13.9. The molecular weight excluding hydrogens is 284 g/mol. The highest BCUT2D eigenvalue weighted by molar-refractivity contribution is 5.97. The first-order chi connectivity index (χ1) is 11.3. The molecule has 0 spiro atoms. The number of unbranched alkanes of at least 4 members (excludes halogenated alkanes) is 5. The quantitative estimate of drug-likeness (QED) is 0.296. The number of allylic oxidation sites excluding steroid dienone is 2. The largest absolute Gasteiger partial charge is 0.351 e. The smallest absolute Gasteiger partial charge is 0.261 e. The molecule has 0 aliphatic carbocycles. The zero-order chi connectivity index (χ0) is 16.8. The Morgan fingerprint density at radius 1 is 1.13 bits per heavy atom. The molecule has 0 aliphatic heterocycles. The van der Waals surface area contributed by atoms with Crippen LogP contribution in [-0.4, -0.2) is 12.5 Å². The zero-order valence-corrected chi connectivity index (χ0v) is 13.9. The van der Waals surface area contributed by atoms with Crippen molar-refractivity contribution in [3.8, 4) is 6.07 Å². The van der Waals surface area contributed by atoms with Gasteiger partial charge in [0.05, 0.1) is 0 Å². The van der Waals surface area contributed by atoms with Crippen LogP contribution in [0, 0.1) is 11.3 Å². The topological polar surface area (TPSA) is 52.9 Å². The van der Waals surface area contributed by atoms with E-state index in [1.807, 2.05) is 42.5 Å². The summed E-state index contributed by atoms with van der Waals surface area (Å²) in [6.45, 7) is 2.83. The summed E-state index contributed by atoms with van der Waals surface area (Å²) in [4.78, 5) is 11.9. The second kappa shape index (κ2) is 12.2. The van der Waals surface area contributed by atoms with Crippen LogP contribution in [0.1, 0.15) is 51.0 Å². The SMILES string of the molecule is CCCCCCCCNC(=O)C(C#N)=CC=Cc1ccccc1. The maximum absolute atomic E-state index is 11.9. The minimum atomic E-state index is -0.293. The number of amides is 1. The number of nitrogens with one attached hydrogen (secondary N) is 1. The van der Waals surface area contributed by atoms with Gasteiger partial charge in [-0.1, -0.05) is 81.5 Å². The molecule has 0 fully saturated rings. The molecule has 1 aromatic rings. The van der Waals surface area contributed by atoms with Crippen molar-refractivity contribution in [3.63, 3.8) is 0 Å². The number of carbonyl (C=O) groups is 1. The van der Waals surface area contributed by atoms with E-state index in [0.717, 1.165) is 18.4 Å². The lowest BCUT2D eigenvalue weighted by atomic mass is 10.1. The minimum absolute atomic E-state index is 0.142. The molecule has 0 atom stereocenters. The summed E-state index contributed by atoms with van der Waals surface area (Å²) in [6.07, 6.45) is 12.3. The highest BCUT2D eigenvalue weighted by Gasteiger charge is 2.06. The lowest BCUT2D eigenvalue weighted by molar-refractivity contribution is -0.117. The monoisotopic (exact) mass is 310 g/mol. The third-order valence-electron chi connectivity index (χ3n) is 3.53. The highest BCUT2D eigenvalue weighted by Crippen LogP contribution is 2.05. The van der Waals surface area contributed by atoms with Gasteiger partial charge in [-0.2, -0.15) is 5.26 Å². The number of rotatable bonds is 10. The first kappa shape index (κ1) is 18.7. The Labute approximate surface area is 139 Å². The molecule has 0 aliphatic rings. The molecule has 3 nitrogen and oxygen atoms in total. The van der Waals surface area contributed by atoms with Gasteiger partial charge in [0.15, 0.2) is 0 Å². The fourth-order valence-electron chi connectivity index (χ4n) is 2.19. The Balaban J connectivity index is 2.33. The molecule has 1 aromatic carbocycles. The summed E-state index contributed by atoms with van der Waals surface area (Å²) < 4.78 is 0. The van der Waals surface area contributed by atoms with Crippen LogP contribution in [-0.2, 0) is 4.79 Å². The number of hydrogen-bond acceptors (Lipinski definition) is 2. The Kier molecular flexibility index (Phi) is 9.95. The molecule has 0 saturated heterocycles. The second-order valence-corrected chi connectivity index (χ2v) is 5.49. The van der Waals surface area contributed by atoms with Crippen LogP contribution in [0.5, 0.6) is 0 Å². The third kappa shape index (κ3) is 8.63. The van der Waals surface area contributed by atoms with E-state index in [2.05, 4.69) is 12.2 Å². The van der Waals surface area contributed by atoms with Gasteiger partial charge in [-0.15, -0.1) is 0 Å². The number of nitrogens with zero attached hydrogens (tertiary/aromatic N) is 1. The first-order valence-corrected chi connectivity index (χ1v) is 8.39. The summed E-state index contributed by atoms with van der Waals surface area (Å²) in [7, 11) is 0. The Morgan fingerprint density at radius 3 is 2.52 bits per heavy atom. The van der Waals surface area contributed by atoms with Crippen LogP contribution < -0.4 is 5.32 Å².